The van der Waals surface area contributed by atoms with Gasteiger partial charge in [-0.2, -0.15) is 0 Å². The van der Waals surface area contributed by atoms with E-state index >= 15 is 0 Å². The van der Waals surface area contributed by atoms with Gasteiger partial charge in [-0.3, -0.25) is 0 Å². The molecular formula is C14H17N3O. The Labute approximate surface area is 107 Å². The van der Waals surface area contributed by atoms with Crippen molar-refractivity contribution in [2.45, 2.75) is 13.8 Å². The lowest BCUT2D eigenvalue weighted by Gasteiger charge is -2.05. The smallest absolute Gasteiger partial charge is 0.144 e. The number of methoxy groups -OCH3 is 1. The van der Waals surface area contributed by atoms with Gasteiger partial charge in [-0.1, -0.05) is 12.1 Å². The quantitative estimate of drug-likeness (QED) is 0.777. The number of benzene rings is 1. The SMILES string of the molecule is COc1ccccc1N=C(C)c1ncn(C)c1C. The zero-order valence-corrected chi connectivity index (χ0v) is 11.1. The topological polar surface area (TPSA) is 39.4 Å². The minimum absolute atomic E-state index is 0.769. The number of imidazole rings is 1. The van der Waals surface area contributed by atoms with Crippen molar-refractivity contribution >= 4 is 11.4 Å². The maximum absolute atomic E-state index is 5.28. The van der Waals surface area contributed by atoms with Gasteiger partial charge in [0.15, 0.2) is 0 Å². The Bertz CT molecular complexity index is 584. The molecule has 0 unspecified atom stereocenters. The second-order valence-electron chi connectivity index (χ2n) is 4.16. The Balaban J connectivity index is 2.41. The summed E-state index contributed by atoms with van der Waals surface area (Å²) in [5.74, 6) is 0.769. The average molecular weight is 243 g/mol. The third-order valence-electron chi connectivity index (χ3n) is 2.95. The highest BCUT2D eigenvalue weighted by molar-refractivity contribution is 5.99. The molecule has 1 aromatic heterocycles. The summed E-state index contributed by atoms with van der Waals surface area (Å²) < 4.78 is 7.27. The highest BCUT2D eigenvalue weighted by Crippen LogP contribution is 2.27. The number of para-hydroxylation sites is 2. The van der Waals surface area contributed by atoms with Crippen LogP contribution in [0.4, 0.5) is 5.69 Å². The Morgan fingerprint density at radius 1 is 1.33 bits per heavy atom. The molecule has 0 aliphatic carbocycles. The van der Waals surface area contributed by atoms with Crippen molar-refractivity contribution in [1.82, 2.24) is 9.55 Å². The van der Waals surface area contributed by atoms with E-state index in [1.807, 2.05) is 49.7 Å². The van der Waals surface area contributed by atoms with E-state index in [9.17, 15) is 0 Å². The molecule has 1 heterocycles. The molecule has 94 valence electrons. The standard InChI is InChI=1S/C14H17N3O/c1-10(14-11(2)17(3)9-15-14)16-12-7-5-6-8-13(12)18-4/h5-9H,1-4H3. The zero-order chi connectivity index (χ0) is 13.1. The van der Waals surface area contributed by atoms with E-state index in [-0.39, 0.29) is 0 Å². The molecule has 0 spiro atoms. The van der Waals surface area contributed by atoms with E-state index in [4.69, 9.17) is 4.74 Å². The van der Waals surface area contributed by atoms with Crippen LogP contribution < -0.4 is 4.74 Å². The van der Waals surface area contributed by atoms with Gasteiger partial charge in [0.25, 0.3) is 0 Å². The van der Waals surface area contributed by atoms with Gasteiger partial charge >= 0.3 is 0 Å². The van der Waals surface area contributed by atoms with E-state index in [0.717, 1.165) is 28.5 Å². The number of ether oxygens (including phenoxy) is 1. The van der Waals surface area contributed by atoms with Gasteiger partial charge in [0.05, 0.1) is 19.1 Å². The summed E-state index contributed by atoms with van der Waals surface area (Å²) in [4.78, 5) is 8.95. The number of aryl methyl sites for hydroxylation is 1. The summed E-state index contributed by atoms with van der Waals surface area (Å²) >= 11 is 0. The summed E-state index contributed by atoms with van der Waals surface area (Å²) in [5.41, 5.74) is 3.73. The van der Waals surface area contributed by atoms with Crippen LogP contribution in [0.15, 0.2) is 35.6 Å². The maximum Gasteiger partial charge on any atom is 0.144 e. The molecule has 0 aliphatic rings. The molecule has 0 fully saturated rings. The minimum atomic E-state index is 0.769. The molecule has 0 amide bonds. The second-order valence-corrected chi connectivity index (χ2v) is 4.16. The lowest BCUT2D eigenvalue weighted by Crippen LogP contribution is -1.99. The number of rotatable bonds is 3. The Hall–Kier alpha value is -2.10. The van der Waals surface area contributed by atoms with E-state index in [2.05, 4.69) is 9.98 Å². The van der Waals surface area contributed by atoms with Crippen LogP contribution in [0.1, 0.15) is 18.3 Å². The molecule has 0 aliphatic heterocycles. The summed E-state index contributed by atoms with van der Waals surface area (Å²) in [5, 5.41) is 0. The van der Waals surface area contributed by atoms with Gasteiger partial charge in [0.1, 0.15) is 17.1 Å². The molecule has 0 N–H and O–H groups in total. The van der Waals surface area contributed by atoms with Crippen LogP contribution in [0.3, 0.4) is 0 Å². The molecule has 0 saturated carbocycles. The molecule has 2 aromatic rings. The fourth-order valence-corrected chi connectivity index (χ4v) is 1.80. The van der Waals surface area contributed by atoms with Crippen LogP contribution in [0.25, 0.3) is 0 Å². The molecular weight excluding hydrogens is 226 g/mol. The van der Waals surface area contributed by atoms with Crippen LogP contribution >= 0.6 is 0 Å². The van der Waals surface area contributed by atoms with Crippen LogP contribution in [0, 0.1) is 6.92 Å². The summed E-state index contributed by atoms with van der Waals surface area (Å²) in [6.45, 7) is 3.99. The monoisotopic (exact) mass is 243 g/mol. The van der Waals surface area contributed by atoms with Crippen molar-refractivity contribution in [3.8, 4) is 5.75 Å². The fraction of sp³-hybridized carbons (Fsp3) is 0.286. The first-order chi connectivity index (χ1) is 8.63. The first kappa shape index (κ1) is 12.4. The van der Waals surface area contributed by atoms with Crippen molar-refractivity contribution < 1.29 is 4.74 Å². The molecule has 1 aromatic carbocycles. The van der Waals surface area contributed by atoms with Gasteiger partial charge in [0.2, 0.25) is 0 Å². The number of hydrogen-bond donors (Lipinski definition) is 0. The van der Waals surface area contributed by atoms with Crippen molar-refractivity contribution in [3.63, 3.8) is 0 Å². The zero-order valence-electron chi connectivity index (χ0n) is 11.1. The third-order valence-corrected chi connectivity index (χ3v) is 2.95. The van der Waals surface area contributed by atoms with E-state index in [1.54, 1.807) is 13.4 Å². The lowest BCUT2D eigenvalue weighted by molar-refractivity contribution is 0.416. The van der Waals surface area contributed by atoms with Gasteiger partial charge in [0, 0.05) is 12.7 Å². The first-order valence-corrected chi connectivity index (χ1v) is 5.80. The minimum Gasteiger partial charge on any atom is -0.494 e. The predicted molar refractivity (Wildman–Crippen MR) is 72.8 cm³/mol. The molecule has 4 nitrogen and oxygen atoms in total. The van der Waals surface area contributed by atoms with E-state index in [0.29, 0.717) is 0 Å². The van der Waals surface area contributed by atoms with E-state index in [1.165, 1.54) is 0 Å². The second kappa shape index (κ2) is 5.04. The molecule has 0 saturated heterocycles. The van der Waals surface area contributed by atoms with Crippen LogP contribution in [-0.4, -0.2) is 22.4 Å². The molecule has 0 atom stereocenters. The van der Waals surface area contributed by atoms with Gasteiger partial charge < -0.3 is 9.30 Å². The summed E-state index contributed by atoms with van der Waals surface area (Å²) in [6, 6.07) is 7.71. The van der Waals surface area contributed by atoms with Crippen LogP contribution in [0.2, 0.25) is 0 Å². The van der Waals surface area contributed by atoms with Crippen molar-refractivity contribution in [2.24, 2.45) is 12.0 Å². The van der Waals surface area contributed by atoms with Crippen LogP contribution in [0.5, 0.6) is 5.75 Å². The number of aliphatic imine (C=N–C) groups is 1. The first-order valence-electron chi connectivity index (χ1n) is 5.80. The van der Waals surface area contributed by atoms with Gasteiger partial charge in [-0.05, 0) is 26.0 Å². The molecule has 0 radical (unpaired) electrons. The average Bonchev–Trinajstić information content (AvgIpc) is 2.71. The van der Waals surface area contributed by atoms with E-state index < -0.39 is 0 Å². The number of hydrogen-bond acceptors (Lipinski definition) is 3. The summed E-state index contributed by atoms with van der Waals surface area (Å²) in [6.07, 6.45) is 1.80. The van der Waals surface area contributed by atoms with Crippen molar-refractivity contribution in [2.75, 3.05) is 7.11 Å². The largest absolute Gasteiger partial charge is 0.494 e. The molecule has 4 heteroatoms. The molecule has 0 bridgehead atoms. The van der Waals surface area contributed by atoms with Gasteiger partial charge in [-0.15, -0.1) is 0 Å². The normalized spacial score (nSPS) is 11.7. The summed E-state index contributed by atoms with van der Waals surface area (Å²) in [7, 11) is 3.62. The Morgan fingerprint density at radius 3 is 2.67 bits per heavy atom. The van der Waals surface area contributed by atoms with Crippen LogP contribution in [-0.2, 0) is 7.05 Å². The number of nitrogens with zero attached hydrogens (tertiary/aromatic N) is 3. The number of aromatic nitrogens is 2. The Morgan fingerprint density at radius 2 is 2.06 bits per heavy atom. The molecule has 2 rings (SSSR count). The van der Waals surface area contributed by atoms with Gasteiger partial charge in [-0.25, -0.2) is 9.98 Å². The Kier molecular flexibility index (Phi) is 3.46. The predicted octanol–water partition coefficient (Wildman–Crippen LogP) is 2.88. The highest BCUT2D eigenvalue weighted by atomic mass is 16.5. The van der Waals surface area contributed by atoms with Crippen molar-refractivity contribution in [1.29, 1.82) is 0 Å². The lowest BCUT2D eigenvalue weighted by atomic mass is 10.2. The third kappa shape index (κ3) is 2.27. The molecule has 18 heavy (non-hydrogen) atoms. The highest BCUT2D eigenvalue weighted by Gasteiger charge is 2.08. The maximum atomic E-state index is 5.28. The fourth-order valence-electron chi connectivity index (χ4n) is 1.80. The van der Waals surface area contributed by atoms with Crippen molar-refractivity contribution in [3.05, 3.63) is 42.0 Å².